The highest BCUT2D eigenvalue weighted by Crippen LogP contribution is 2.18. The lowest BCUT2D eigenvalue weighted by Gasteiger charge is -1.98. The third-order valence-electron chi connectivity index (χ3n) is 1.44. The highest BCUT2D eigenvalue weighted by Gasteiger charge is 1.90. The van der Waals surface area contributed by atoms with Gasteiger partial charge in [-0.2, -0.15) is 0 Å². The van der Waals surface area contributed by atoms with Crippen molar-refractivity contribution in [2.45, 2.75) is 18.7 Å². The van der Waals surface area contributed by atoms with E-state index in [2.05, 4.69) is 44.5 Å². The molecule has 1 radical (unpaired) electrons. The highest BCUT2D eigenvalue weighted by atomic mass is 32.2. The van der Waals surface area contributed by atoms with Crippen molar-refractivity contribution < 1.29 is 0 Å². The van der Waals surface area contributed by atoms with Crippen LogP contribution in [-0.4, -0.2) is 5.75 Å². The number of thioether (sulfide) groups is 1. The van der Waals surface area contributed by atoms with E-state index in [9.17, 15) is 0 Å². The Morgan fingerprint density at radius 2 is 1.91 bits per heavy atom. The molecule has 0 saturated heterocycles. The molecule has 0 unspecified atom stereocenters. The fraction of sp³-hybridized carbons (Fsp3) is 0.300. The van der Waals surface area contributed by atoms with Gasteiger partial charge in [0.1, 0.15) is 0 Å². The van der Waals surface area contributed by atoms with Crippen molar-refractivity contribution in [3.05, 3.63) is 36.2 Å². The topological polar surface area (TPSA) is 0 Å². The summed E-state index contributed by atoms with van der Waals surface area (Å²) >= 11 is 1.87. The van der Waals surface area contributed by atoms with Gasteiger partial charge in [-0.15, -0.1) is 11.8 Å². The van der Waals surface area contributed by atoms with Gasteiger partial charge in [-0.1, -0.05) is 24.6 Å². The van der Waals surface area contributed by atoms with Gasteiger partial charge in [0.15, 0.2) is 0 Å². The normalized spacial score (nSPS) is 10.0. The second kappa shape index (κ2) is 4.45. The van der Waals surface area contributed by atoms with Gasteiger partial charge < -0.3 is 0 Å². The molecule has 0 nitrogen and oxygen atoms in total. The minimum atomic E-state index is 1.10. The van der Waals surface area contributed by atoms with Gasteiger partial charge in [-0.3, -0.25) is 0 Å². The summed E-state index contributed by atoms with van der Waals surface area (Å²) in [5.74, 6) is 1.10. The summed E-state index contributed by atoms with van der Waals surface area (Å²) in [5, 5.41) is 0. The zero-order valence-corrected chi connectivity index (χ0v) is 7.82. The molecule has 0 amide bonds. The van der Waals surface area contributed by atoms with E-state index in [0.717, 1.165) is 5.75 Å². The quantitative estimate of drug-likeness (QED) is 0.619. The molecular formula is C10H13S. The first-order valence-corrected chi connectivity index (χ1v) is 4.79. The molecular weight excluding hydrogens is 152 g/mol. The van der Waals surface area contributed by atoms with Crippen LogP contribution in [0.3, 0.4) is 0 Å². The summed E-state index contributed by atoms with van der Waals surface area (Å²) in [6.45, 7) is 4.20. The summed E-state index contributed by atoms with van der Waals surface area (Å²) in [6.07, 6.45) is 2.17. The van der Waals surface area contributed by atoms with E-state index in [1.54, 1.807) is 0 Å². The van der Waals surface area contributed by atoms with E-state index >= 15 is 0 Å². The van der Waals surface area contributed by atoms with Crippen molar-refractivity contribution in [1.29, 1.82) is 0 Å². The number of rotatable bonds is 3. The molecule has 0 N–H and O–H groups in total. The molecule has 1 aromatic rings. The zero-order chi connectivity index (χ0) is 8.10. The van der Waals surface area contributed by atoms with Crippen LogP contribution in [0.25, 0.3) is 0 Å². The average Bonchev–Trinajstić information content (AvgIpc) is 2.04. The Kier molecular flexibility index (Phi) is 3.50. The number of aryl methyl sites for hydroxylation is 1. The fourth-order valence-electron chi connectivity index (χ4n) is 0.814. The van der Waals surface area contributed by atoms with Gasteiger partial charge in [-0.25, -0.2) is 0 Å². The molecule has 0 aliphatic carbocycles. The molecule has 0 bridgehead atoms. The largest absolute Gasteiger partial charge is 0.126 e. The molecule has 0 heterocycles. The second-order valence-corrected chi connectivity index (χ2v) is 3.63. The Balaban J connectivity index is 2.52. The molecule has 0 fully saturated rings. The zero-order valence-electron chi connectivity index (χ0n) is 7.00. The second-order valence-electron chi connectivity index (χ2n) is 2.53. The Morgan fingerprint density at radius 3 is 2.45 bits per heavy atom. The Bertz CT molecular complexity index is 201. The minimum absolute atomic E-state index is 1.10. The van der Waals surface area contributed by atoms with Crippen molar-refractivity contribution in [3.63, 3.8) is 0 Å². The molecule has 1 rings (SSSR count). The van der Waals surface area contributed by atoms with Gasteiger partial charge in [0.25, 0.3) is 0 Å². The molecule has 1 heteroatoms. The van der Waals surface area contributed by atoms with E-state index in [4.69, 9.17) is 0 Å². The number of hydrogen-bond acceptors (Lipinski definition) is 1. The van der Waals surface area contributed by atoms with Crippen molar-refractivity contribution in [2.24, 2.45) is 0 Å². The highest BCUT2D eigenvalue weighted by molar-refractivity contribution is 7.99. The maximum atomic E-state index is 2.17. The summed E-state index contributed by atoms with van der Waals surface area (Å²) in [4.78, 5) is 1.36. The van der Waals surface area contributed by atoms with E-state index in [1.807, 2.05) is 11.8 Å². The van der Waals surface area contributed by atoms with Crippen LogP contribution < -0.4 is 0 Å². The van der Waals surface area contributed by atoms with Crippen molar-refractivity contribution >= 4 is 11.8 Å². The van der Waals surface area contributed by atoms with Gasteiger partial charge >= 0.3 is 0 Å². The van der Waals surface area contributed by atoms with E-state index in [1.165, 1.54) is 10.5 Å². The first-order chi connectivity index (χ1) is 5.33. The fourth-order valence-corrected chi connectivity index (χ4v) is 1.50. The van der Waals surface area contributed by atoms with Crippen LogP contribution in [0.15, 0.2) is 29.2 Å². The smallest absolute Gasteiger partial charge is 0.00722 e. The standard InChI is InChI=1S/C10H13S/c1-3-8-11-10-6-4-9(2)5-7-10/h3-7H,8H2,1-2H3. The van der Waals surface area contributed by atoms with Crippen molar-refractivity contribution in [2.75, 3.05) is 5.75 Å². The van der Waals surface area contributed by atoms with Crippen LogP contribution in [0, 0.1) is 13.3 Å². The molecule has 0 saturated carbocycles. The number of hydrogen-bond donors (Lipinski definition) is 0. The maximum Gasteiger partial charge on any atom is 0.00722 e. The molecule has 0 atom stereocenters. The van der Waals surface area contributed by atoms with E-state index < -0.39 is 0 Å². The van der Waals surface area contributed by atoms with Gasteiger partial charge in [0, 0.05) is 10.6 Å². The Hall–Kier alpha value is -0.430. The lowest BCUT2D eigenvalue weighted by Crippen LogP contribution is -1.76. The third kappa shape index (κ3) is 2.98. The van der Waals surface area contributed by atoms with Crippen molar-refractivity contribution in [3.8, 4) is 0 Å². The monoisotopic (exact) mass is 165 g/mol. The maximum absolute atomic E-state index is 2.17. The summed E-state index contributed by atoms with van der Waals surface area (Å²) < 4.78 is 0. The lowest BCUT2D eigenvalue weighted by molar-refractivity contribution is 1.36. The van der Waals surface area contributed by atoms with Crippen LogP contribution >= 0.6 is 11.8 Å². The van der Waals surface area contributed by atoms with Gasteiger partial charge in [-0.05, 0) is 25.5 Å². The molecule has 0 spiro atoms. The number of benzene rings is 1. The predicted octanol–water partition coefficient (Wildman–Crippen LogP) is 3.31. The van der Waals surface area contributed by atoms with Gasteiger partial charge in [0.2, 0.25) is 0 Å². The Morgan fingerprint density at radius 1 is 1.27 bits per heavy atom. The average molecular weight is 165 g/mol. The third-order valence-corrected chi connectivity index (χ3v) is 2.54. The summed E-state index contributed by atoms with van der Waals surface area (Å²) in [6, 6.07) is 8.64. The molecule has 59 valence electrons. The van der Waals surface area contributed by atoms with Crippen LogP contribution in [0.2, 0.25) is 0 Å². The minimum Gasteiger partial charge on any atom is -0.126 e. The molecule has 11 heavy (non-hydrogen) atoms. The van der Waals surface area contributed by atoms with E-state index in [-0.39, 0.29) is 0 Å². The summed E-state index contributed by atoms with van der Waals surface area (Å²) in [7, 11) is 0. The molecule has 0 aromatic heterocycles. The predicted molar refractivity (Wildman–Crippen MR) is 51.9 cm³/mol. The van der Waals surface area contributed by atoms with Crippen LogP contribution in [0.4, 0.5) is 0 Å². The molecule has 0 aliphatic heterocycles. The first-order valence-electron chi connectivity index (χ1n) is 3.80. The van der Waals surface area contributed by atoms with Crippen LogP contribution in [-0.2, 0) is 0 Å². The lowest BCUT2D eigenvalue weighted by atomic mass is 10.2. The molecule has 0 aliphatic rings. The van der Waals surface area contributed by atoms with Crippen molar-refractivity contribution in [1.82, 2.24) is 0 Å². The summed E-state index contributed by atoms with van der Waals surface area (Å²) in [5.41, 5.74) is 1.33. The van der Waals surface area contributed by atoms with Gasteiger partial charge in [0.05, 0.1) is 0 Å². The Labute approximate surface area is 73.0 Å². The SMILES string of the molecule is C[CH]CSc1ccc(C)cc1. The first kappa shape index (κ1) is 8.66. The molecule has 1 aromatic carbocycles. The van der Waals surface area contributed by atoms with Crippen LogP contribution in [0.5, 0.6) is 0 Å². The van der Waals surface area contributed by atoms with E-state index in [0.29, 0.717) is 0 Å². The van der Waals surface area contributed by atoms with Crippen LogP contribution in [0.1, 0.15) is 12.5 Å².